The Kier molecular flexibility index (Phi) is 8.63. The maximum atomic E-state index is 12.6. The first kappa shape index (κ1) is 21.8. The number of rotatable bonds is 11. The number of carbonyl (C=O) groups is 1. The van der Waals surface area contributed by atoms with E-state index in [4.69, 9.17) is 5.11 Å². The number of amides is 1. The molecule has 3 rings (SSSR count). The Hall–Kier alpha value is -2.95. The van der Waals surface area contributed by atoms with Crippen molar-refractivity contribution in [1.82, 2.24) is 10.6 Å². The first-order valence-electron chi connectivity index (χ1n) is 10.6. The van der Waals surface area contributed by atoms with Crippen LogP contribution in [0.15, 0.2) is 78.9 Å². The van der Waals surface area contributed by atoms with Crippen LogP contribution in [0.4, 0.5) is 0 Å². The highest BCUT2D eigenvalue weighted by Crippen LogP contribution is 2.10. The van der Waals surface area contributed by atoms with Crippen molar-refractivity contribution in [2.75, 3.05) is 6.54 Å². The van der Waals surface area contributed by atoms with Gasteiger partial charge in [0, 0.05) is 25.2 Å². The number of aliphatic hydroxyl groups is 1. The third-order valence-electron chi connectivity index (χ3n) is 5.13. The molecular weight excluding hydrogens is 372 g/mol. The standard InChI is InChI=1S/C26H30N2O2/c29-20-23-15-13-22(14-16-23)18-27-19-24-11-4-5-12-25(24)26(30)28-17-7-6-10-21-8-2-1-3-9-21/h1-5,8-9,11-16,27,29H,6-7,10,17-20H2,(H,28,30). The molecule has 1 amide bonds. The average molecular weight is 403 g/mol. The Morgan fingerprint density at radius 1 is 0.733 bits per heavy atom. The first-order valence-corrected chi connectivity index (χ1v) is 10.6. The predicted molar refractivity (Wildman–Crippen MR) is 121 cm³/mol. The van der Waals surface area contributed by atoms with Crippen LogP contribution in [0.1, 0.15) is 45.5 Å². The molecule has 4 heteroatoms. The fraction of sp³-hybridized carbons (Fsp3) is 0.269. The van der Waals surface area contributed by atoms with Crippen molar-refractivity contribution < 1.29 is 9.90 Å². The van der Waals surface area contributed by atoms with E-state index in [9.17, 15) is 4.79 Å². The van der Waals surface area contributed by atoms with E-state index in [0.717, 1.165) is 41.5 Å². The molecule has 3 N–H and O–H groups in total. The minimum absolute atomic E-state index is 0.0144. The molecule has 3 aromatic rings. The molecular formula is C26H30N2O2. The minimum atomic E-state index is -0.0144. The van der Waals surface area contributed by atoms with E-state index in [1.54, 1.807) is 0 Å². The normalized spacial score (nSPS) is 10.7. The summed E-state index contributed by atoms with van der Waals surface area (Å²) in [7, 11) is 0. The molecule has 156 valence electrons. The second-order valence-electron chi connectivity index (χ2n) is 7.43. The molecule has 4 nitrogen and oxygen atoms in total. The van der Waals surface area contributed by atoms with Gasteiger partial charge in [0.25, 0.3) is 5.91 Å². The molecule has 0 aromatic heterocycles. The van der Waals surface area contributed by atoms with Crippen molar-refractivity contribution in [1.29, 1.82) is 0 Å². The molecule has 30 heavy (non-hydrogen) atoms. The number of carbonyl (C=O) groups excluding carboxylic acids is 1. The highest BCUT2D eigenvalue weighted by molar-refractivity contribution is 5.95. The molecule has 0 atom stereocenters. The van der Waals surface area contributed by atoms with Gasteiger partial charge in [0.1, 0.15) is 0 Å². The molecule has 3 aromatic carbocycles. The lowest BCUT2D eigenvalue weighted by molar-refractivity contribution is 0.0952. The van der Waals surface area contributed by atoms with Crippen molar-refractivity contribution in [2.45, 2.75) is 39.0 Å². The van der Waals surface area contributed by atoms with Gasteiger partial charge in [-0.05, 0) is 47.6 Å². The second kappa shape index (κ2) is 11.9. The summed E-state index contributed by atoms with van der Waals surface area (Å²) in [5.74, 6) is -0.0144. The van der Waals surface area contributed by atoms with E-state index in [-0.39, 0.29) is 12.5 Å². The number of aliphatic hydroxyl groups excluding tert-OH is 1. The van der Waals surface area contributed by atoms with Crippen LogP contribution >= 0.6 is 0 Å². The zero-order valence-electron chi connectivity index (χ0n) is 17.3. The quantitative estimate of drug-likeness (QED) is 0.421. The van der Waals surface area contributed by atoms with Gasteiger partial charge in [-0.1, -0.05) is 72.8 Å². The number of benzene rings is 3. The molecule has 0 heterocycles. The smallest absolute Gasteiger partial charge is 0.251 e. The highest BCUT2D eigenvalue weighted by Gasteiger charge is 2.10. The van der Waals surface area contributed by atoms with Crippen molar-refractivity contribution in [3.8, 4) is 0 Å². The SMILES string of the molecule is O=C(NCCCCc1ccccc1)c1ccccc1CNCc1ccc(CO)cc1. The average Bonchev–Trinajstić information content (AvgIpc) is 2.80. The van der Waals surface area contributed by atoms with E-state index in [1.165, 1.54) is 5.56 Å². The summed E-state index contributed by atoms with van der Waals surface area (Å²) < 4.78 is 0. The molecule has 0 unspecified atom stereocenters. The minimum Gasteiger partial charge on any atom is -0.392 e. The van der Waals surface area contributed by atoms with Gasteiger partial charge in [-0.3, -0.25) is 4.79 Å². The summed E-state index contributed by atoms with van der Waals surface area (Å²) in [6.07, 6.45) is 3.06. The zero-order valence-corrected chi connectivity index (χ0v) is 17.3. The number of hydrogen-bond donors (Lipinski definition) is 3. The number of aryl methyl sites for hydroxylation is 1. The second-order valence-corrected chi connectivity index (χ2v) is 7.43. The van der Waals surface area contributed by atoms with Crippen molar-refractivity contribution in [3.63, 3.8) is 0 Å². The van der Waals surface area contributed by atoms with Crippen molar-refractivity contribution >= 4 is 5.91 Å². The predicted octanol–water partition coefficient (Wildman–Crippen LogP) is 4.22. The van der Waals surface area contributed by atoms with Gasteiger partial charge in [-0.15, -0.1) is 0 Å². The summed E-state index contributed by atoms with van der Waals surface area (Å²) in [6, 6.07) is 26.0. The molecule has 0 saturated carbocycles. The van der Waals surface area contributed by atoms with Gasteiger partial charge in [0.2, 0.25) is 0 Å². The fourth-order valence-corrected chi connectivity index (χ4v) is 3.40. The summed E-state index contributed by atoms with van der Waals surface area (Å²) >= 11 is 0. The largest absolute Gasteiger partial charge is 0.392 e. The lowest BCUT2D eigenvalue weighted by Gasteiger charge is -2.11. The monoisotopic (exact) mass is 402 g/mol. The van der Waals surface area contributed by atoms with Gasteiger partial charge in [0.05, 0.1) is 6.61 Å². The summed E-state index contributed by atoms with van der Waals surface area (Å²) in [4.78, 5) is 12.6. The Labute approximate surface area is 179 Å². The van der Waals surface area contributed by atoms with Crippen molar-refractivity contribution in [2.24, 2.45) is 0 Å². The Bertz CT molecular complexity index is 908. The van der Waals surface area contributed by atoms with E-state index < -0.39 is 0 Å². The van der Waals surface area contributed by atoms with E-state index in [0.29, 0.717) is 19.6 Å². The van der Waals surface area contributed by atoms with Crippen LogP contribution < -0.4 is 10.6 Å². The number of nitrogens with one attached hydrogen (secondary N) is 2. The Morgan fingerprint density at radius 2 is 1.43 bits per heavy atom. The van der Waals surface area contributed by atoms with Crippen LogP contribution in [0, 0.1) is 0 Å². The van der Waals surface area contributed by atoms with Crippen LogP contribution in [-0.4, -0.2) is 17.6 Å². The third-order valence-corrected chi connectivity index (χ3v) is 5.13. The van der Waals surface area contributed by atoms with Gasteiger partial charge in [0.15, 0.2) is 0 Å². The van der Waals surface area contributed by atoms with Crippen LogP contribution in [-0.2, 0) is 26.1 Å². The lowest BCUT2D eigenvalue weighted by atomic mass is 10.1. The molecule has 0 saturated heterocycles. The van der Waals surface area contributed by atoms with Gasteiger partial charge in [-0.2, -0.15) is 0 Å². The molecule has 0 bridgehead atoms. The summed E-state index contributed by atoms with van der Waals surface area (Å²) in [5.41, 5.74) is 5.11. The van der Waals surface area contributed by atoms with Crippen LogP contribution in [0.25, 0.3) is 0 Å². The molecule has 0 fully saturated rings. The van der Waals surface area contributed by atoms with Crippen LogP contribution in [0.3, 0.4) is 0 Å². The number of unbranched alkanes of at least 4 members (excludes halogenated alkanes) is 1. The topological polar surface area (TPSA) is 61.4 Å². The van der Waals surface area contributed by atoms with Gasteiger partial charge >= 0.3 is 0 Å². The number of hydrogen-bond acceptors (Lipinski definition) is 3. The first-order chi connectivity index (χ1) is 14.8. The van der Waals surface area contributed by atoms with E-state index in [1.807, 2.05) is 54.6 Å². The maximum absolute atomic E-state index is 12.6. The van der Waals surface area contributed by atoms with E-state index in [2.05, 4.69) is 34.9 Å². The van der Waals surface area contributed by atoms with Crippen LogP contribution in [0.2, 0.25) is 0 Å². The summed E-state index contributed by atoms with van der Waals surface area (Å²) in [6.45, 7) is 2.08. The summed E-state index contributed by atoms with van der Waals surface area (Å²) in [5, 5.41) is 15.6. The molecule has 0 aliphatic heterocycles. The third kappa shape index (κ3) is 6.83. The Balaban J connectivity index is 1.43. The highest BCUT2D eigenvalue weighted by atomic mass is 16.3. The lowest BCUT2D eigenvalue weighted by Crippen LogP contribution is -2.26. The van der Waals surface area contributed by atoms with Gasteiger partial charge < -0.3 is 15.7 Å². The zero-order chi connectivity index (χ0) is 21.0. The van der Waals surface area contributed by atoms with E-state index >= 15 is 0 Å². The van der Waals surface area contributed by atoms with Crippen molar-refractivity contribution in [3.05, 3.63) is 107 Å². The maximum Gasteiger partial charge on any atom is 0.251 e. The Morgan fingerprint density at radius 3 is 2.20 bits per heavy atom. The van der Waals surface area contributed by atoms with Gasteiger partial charge in [-0.25, -0.2) is 0 Å². The molecule has 0 aliphatic carbocycles. The fourth-order valence-electron chi connectivity index (χ4n) is 3.40. The molecule has 0 spiro atoms. The van der Waals surface area contributed by atoms with Crippen LogP contribution in [0.5, 0.6) is 0 Å². The molecule has 0 aliphatic rings. The molecule has 0 radical (unpaired) electrons.